The van der Waals surface area contributed by atoms with Gasteiger partial charge in [0.05, 0.1) is 27.6 Å². The molecule has 0 aliphatic carbocycles. The fourth-order valence-electron chi connectivity index (χ4n) is 3.69. The summed E-state index contributed by atoms with van der Waals surface area (Å²) in [7, 11) is 0. The van der Waals surface area contributed by atoms with Crippen LogP contribution in [0.5, 0.6) is 5.75 Å². The molecule has 0 unspecified atom stereocenters. The molecule has 3 aromatic carbocycles. The van der Waals surface area contributed by atoms with E-state index in [2.05, 4.69) is 26.0 Å². The Morgan fingerprint density at radius 2 is 1.95 bits per heavy atom. The molecule has 11 heteroatoms. The van der Waals surface area contributed by atoms with Crippen molar-refractivity contribution in [2.75, 3.05) is 0 Å². The highest BCUT2D eigenvalue weighted by atomic mass is 79.9. The number of nitro benzene ring substituents is 1. The molecular weight excluding hydrogens is 556 g/mol. The van der Waals surface area contributed by atoms with E-state index in [0.717, 1.165) is 10.9 Å². The van der Waals surface area contributed by atoms with Crippen molar-refractivity contribution in [3.63, 3.8) is 0 Å². The highest BCUT2D eigenvalue weighted by Gasteiger charge is 2.18. The number of benzene rings is 3. The van der Waals surface area contributed by atoms with Crippen molar-refractivity contribution in [2.24, 2.45) is 5.10 Å². The van der Waals surface area contributed by atoms with E-state index in [1.807, 2.05) is 19.9 Å². The van der Waals surface area contributed by atoms with Crippen molar-refractivity contribution in [3.05, 3.63) is 108 Å². The van der Waals surface area contributed by atoms with Gasteiger partial charge in [-0.25, -0.2) is 9.78 Å². The van der Waals surface area contributed by atoms with Gasteiger partial charge in [-0.3, -0.25) is 14.9 Å². The molecule has 4 aromatic rings. The molecule has 1 aromatic heterocycles. The summed E-state index contributed by atoms with van der Waals surface area (Å²) in [6, 6.07) is 15.7. The number of rotatable bonds is 9. The van der Waals surface area contributed by atoms with Crippen LogP contribution in [0.3, 0.4) is 0 Å². The van der Waals surface area contributed by atoms with E-state index >= 15 is 0 Å². The van der Waals surface area contributed by atoms with Crippen LogP contribution in [0.1, 0.15) is 53.5 Å². The minimum absolute atomic E-state index is 0.0140. The van der Waals surface area contributed by atoms with Crippen LogP contribution in [0.25, 0.3) is 10.9 Å². The second kappa shape index (κ2) is 11.3. The van der Waals surface area contributed by atoms with Gasteiger partial charge >= 0.3 is 11.7 Å². The standard InChI is InChI=1S/C27H23BrN4O6/c1-3-16(2)25-30-22-10-9-20(28)13-21(22)26(33)31(25)29-14-18-6-11-24(23(12-18)32(36)37)38-15-17-4-7-19(8-5-17)27(34)35/h4-14,16H,3,15H2,1-2H3,(H,34,35)/t16-/m0/s1. The predicted molar refractivity (Wildman–Crippen MR) is 146 cm³/mol. The molecule has 4 rings (SSSR count). The fourth-order valence-corrected chi connectivity index (χ4v) is 4.05. The number of carboxylic acids is 1. The monoisotopic (exact) mass is 578 g/mol. The molecule has 0 fully saturated rings. The van der Waals surface area contributed by atoms with Gasteiger partial charge in [0.2, 0.25) is 0 Å². The van der Waals surface area contributed by atoms with Gasteiger partial charge < -0.3 is 9.84 Å². The Balaban J connectivity index is 1.65. The largest absolute Gasteiger partial charge is 0.482 e. The van der Waals surface area contributed by atoms with Crippen LogP contribution in [-0.4, -0.2) is 31.9 Å². The minimum Gasteiger partial charge on any atom is -0.482 e. The lowest BCUT2D eigenvalue weighted by molar-refractivity contribution is -0.385. The summed E-state index contributed by atoms with van der Waals surface area (Å²) < 4.78 is 7.61. The number of aromatic carboxylic acids is 1. The first kappa shape index (κ1) is 26.7. The number of carboxylic acid groups (broad SMARTS) is 1. The van der Waals surface area contributed by atoms with Crippen LogP contribution in [0, 0.1) is 10.1 Å². The summed E-state index contributed by atoms with van der Waals surface area (Å²) in [4.78, 5) is 40.1. The first-order valence-corrected chi connectivity index (χ1v) is 12.5. The van der Waals surface area contributed by atoms with Crippen LogP contribution < -0.4 is 10.3 Å². The van der Waals surface area contributed by atoms with Crippen LogP contribution >= 0.6 is 15.9 Å². The van der Waals surface area contributed by atoms with Gasteiger partial charge in [-0.1, -0.05) is 41.9 Å². The highest BCUT2D eigenvalue weighted by molar-refractivity contribution is 9.10. The third kappa shape index (κ3) is 5.78. The Bertz CT molecular complexity index is 1610. The van der Waals surface area contributed by atoms with Crippen molar-refractivity contribution in [1.29, 1.82) is 0 Å². The number of nitrogens with zero attached hydrogens (tertiary/aromatic N) is 4. The maximum Gasteiger partial charge on any atom is 0.335 e. The first-order valence-electron chi connectivity index (χ1n) is 11.7. The van der Waals surface area contributed by atoms with Crippen molar-refractivity contribution in [1.82, 2.24) is 9.66 Å². The normalized spacial score (nSPS) is 12.1. The van der Waals surface area contributed by atoms with Crippen molar-refractivity contribution in [3.8, 4) is 5.75 Å². The van der Waals surface area contributed by atoms with Gasteiger partial charge in [0.25, 0.3) is 5.56 Å². The van der Waals surface area contributed by atoms with Gasteiger partial charge in [0.1, 0.15) is 12.4 Å². The number of nitro groups is 1. The number of fused-ring (bicyclic) bond motifs is 1. The van der Waals surface area contributed by atoms with Gasteiger partial charge in [0.15, 0.2) is 5.75 Å². The molecule has 0 aliphatic heterocycles. The molecular formula is C27H23BrN4O6. The number of aromatic nitrogens is 2. The van der Waals surface area contributed by atoms with Gasteiger partial charge in [-0.15, -0.1) is 0 Å². The average molecular weight is 579 g/mol. The van der Waals surface area contributed by atoms with Crippen LogP contribution in [0.15, 0.2) is 75.0 Å². The number of hydrogen-bond acceptors (Lipinski definition) is 7. The lowest BCUT2D eigenvalue weighted by atomic mass is 10.1. The highest BCUT2D eigenvalue weighted by Crippen LogP contribution is 2.28. The number of carbonyl (C=O) groups is 1. The van der Waals surface area contributed by atoms with E-state index in [9.17, 15) is 19.7 Å². The molecule has 194 valence electrons. The topological polar surface area (TPSA) is 137 Å². The molecule has 1 heterocycles. The second-order valence-electron chi connectivity index (χ2n) is 8.58. The molecule has 0 saturated heterocycles. The summed E-state index contributed by atoms with van der Waals surface area (Å²) in [5, 5.41) is 25.5. The number of halogens is 1. The Kier molecular flexibility index (Phi) is 7.96. The van der Waals surface area contributed by atoms with E-state index in [-0.39, 0.29) is 35.1 Å². The maximum absolute atomic E-state index is 13.3. The van der Waals surface area contributed by atoms with E-state index in [1.54, 1.807) is 30.3 Å². The third-order valence-electron chi connectivity index (χ3n) is 5.98. The van der Waals surface area contributed by atoms with E-state index in [4.69, 9.17) is 9.84 Å². The van der Waals surface area contributed by atoms with E-state index < -0.39 is 10.9 Å². The van der Waals surface area contributed by atoms with Gasteiger partial charge in [0, 0.05) is 22.0 Å². The Morgan fingerprint density at radius 1 is 1.21 bits per heavy atom. The second-order valence-corrected chi connectivity index (χ2v) is 9.49. The van der Waals surface area contributed by atoms with Gasteiger partial charge in [-0.05, 0) is 54.4 Å². The summed E-state index contributed by atoms with van der Waals surface area (Å²) in [5.41, 5.74) is 1.13. The van der Waals surface area contributed by atoms with Crippen LogP contribution in [0.2, 0.25) is 0 Å². The SMILES string of the molecule is CC[C@H](C)c1nc2ccc(Br)cc2c(=O)n1N=Cc1ccc(OCc2ccc(C(=O)O)cc2)c([N+](=O)[O-])c1. The Morgan fingerprint density at radius 3 is 2.61 bits per heavy atom. The molecule has 38 heavy (non-hydrogen) atoms. The van der Waals surface area contributed by atoms with E-state index in [1.165, 1.54) is 35.2 Å². The van der Waals surface area contributed by atoms with Gasteiger partial charge in [-0.2, -0.15) is 9.78 Å². The van der Waals surface area contributed by atoms with Crippen molar-refractivity contribution < 1.29 is 19.6 Å². The zero-order valence-electron chi connectivity index (χ0n) is 20.5. The smallest absolute Gasteiger partial charge is 0.335 e. The van der Waals surface area contributed by atoms with Crippen LogP contribution in [0.4, 0.5) is 5.69 Å². The van der Waals surface area contributed by atoms with Crippen LogP contribution in [-0.2, 0) is 6.61 Å². The molecule has 10 nitrogen and oxygen atoms in total. The summed E-state index contributed by atoms with van der Waals surface area (Å²) in [6.45, 7) is 3.95. The molecule has 0 radical (unpaired) electrons. The van der Waals surface area contributed by atoms with E-state index in [0.29, 0.717) is 27.9 Å². The molecule has 1 N–H and O–H groups in total. The first-order chi connectivity index (χ1) is 18.2. The molecule has 0 bridgehead atoms. The average Bonchev–Trinajstić information content (AvgIpc) is 2.91. The molecule has 0 aliphatic rings. The third-order valence-corrected chi connectivity index (χ3v) is 6.48. The fraction of sp³-hybridized carbons (Fsp3) is 0.185. The zero-order valence-corrected chi connectivity index (χ0v) is 22.1. The molecule has 0 amide bonds. The zero-order chi connectivity index (χ0) is 27.4. The summed E-state index contributed by atoms with van der Waals surface area (Å²) in [6.07, 6.45) is 2.11. The number of hydrogen-bond donors (Lipinski definition) is 1. The summed E-state index contributed by atoms with van der Waals surface area (Å²) >= 11 is 3.38. The lowest BCUT2D eigenvalue weighted by Gasteiger charge is -2.14. The molecule has 1 atom stereocenters. The van der Waals surface area contributed by atoms with Crippen molar-refractivity contribution in [2.45, 2.75) is 32.8 Å². The number of ether oxygens (including phenoxy) is 1. The Labute approximate surface area is 225 Å². The molecule has 0 saturated carbocycles. The van der Waals surface area contributed by atoms with Crippen molar-refractivity contribution >= 4 is 44.7 Å². The minimum atomic E-state index is -1.05. The maximum atomic E-state index is 13.3. The predicted octanol–water partition coefficient (Wildman–Crippen LogP) is 5.74. The quantitative estimate of drug-likeness (QED) is 0.152. The summed E-state index contributed by atoms with van der Waals surface area (Å²) in [5.74, 6) is -0.560. The molecule has 0 spiro atoms. The lowest BCUT2D eigenvalue weighted by Crippen LogP contribution is -2.23. The Hall–Kier alpha value is -4.38.